The summed E-state index contributed by atoms with van der Waals surface area (Å²) in [6, 6.07) is 0. The third-order valence-electron chi connectivity index (χ3n) is 5.86. The lowest BCUT2D eigenvalue weighted by Gasteiger charge is -1.98. The normalized spacial score (nSPS) is 15.7. The molecule has 0 atom stereocenters. The maximum atomic E-state index is 9.05. The zero-order valence-electron chi connectivity index (χ0n) is 26.7. The average Bonchev–Trinajstić information content (AvgIpc) is 2.89. The molecular weight excluding hydrogens is 484 g/mol. The fourth-order valence-electron chi connectivity index (χ4n) is 3.20. The summed E-state index contributed by atoms with van der Waals surface area (Å²) in [4.78, 5) is 0. The number of allylic oxidation sites excluding steroid dienone is 25. The summed E-state index contributed by atoms with van der Waals surface area (Å²) in [6.45, 7) is 19.1. The largest absolute Gasteiger partial charge is 0.392 e. The van der Waals surface area contributed by atoms with Crippen molar-refractivity contribution in [2.45, 2.75) is 81.6 Å². The Morgan fingerprint density at radius 2 is 0.850 bits per heavy atom. The molecule has 0 aliphatic heterocycles. The summed E-state index contributed by atoms with van der Waals surface area (Å²) >= 11 is 0. The molecule has 0 rings (SSSR count). The van der Waals surface area contributed by atoms with E-state index in [-0.39, 0.29) is 6.61 Å². The van der Waals surface area contributed by atoms with Crippen LogP contribution in [-0.4, -0.2) is 11.7 Å². The van der Waals surface area contributed by atoms with Crippen LogP contribution in [0.2, 0.25) is 0 Å². The van der Waals surface area contributed by atoms with Crippen LogP contribution in [0.3, 0.4) is 0 Å². The molecule has 0 aliphatic carbocycles. The minimum Gasteiger partial charge on any atom is -0.392 e. The molecule has 0 saturated heterocycles. The summed E-state index contributed by atoms with van der Waals surface area (Å²) in [5.74, 6) is 0. The summed E-state index contributed by atoms with van der Waals surface area (Å²) in [7, 11) is 0. The van der Waals surface area contributed by atoms with Crippen LogP contribution in [0.1, 0.15) is 81.6 Å². The number of aliphatic hydroxyl groups is 1. The monoisotopic (exact) mass is 538 g/mol. The van der Waals surface area contributed by atoms with E-state index in [4.69, 9.17) is 5.11 Å². The topological polar surface area (TPSA) is 20.2 Å². The number of hydrogen-bond donors (Lipinski definition) is 1. The molecule has 0 aromatic carbocycles. The maximum Gasteiger partial charge on any atom is 0.0639 e. The summed E-state index contributed by atoms with van der Waals surface area (Å²) in [6.07, 6.45) is 41.3. The van der Waals surface area contributed by atoms with Gasteiger partial charge >= 0.3 is 0 Å². The molecule has 1 nitrogen and oxygen atoms in total. The SMILES string of the molecule is CC(C)=CC/C(C)=C/C=C/C(C)=C/C=C/C(C)=C/C=C/C=C(C)/C=C/C=C(C)/C=C/C=C(\C)CC/C=C(\C)CO. The number of aliphatic hydroxyl groups excluding tert-OH is 1. The lowest BCUT2D eigenvalue weighted by atomic mass is 10.1. The van der Waals surface area contributed by atoms with Crippen LogP contribution >= 0.6 is 0 Å². The molecule has 0 spiro atoms. The molecule has 0 aromatic heterocycles. The van der Waals surface area contributed by atoms with E-state index in [2.05, 4.69) is 165 Å². The van der Waals surface area contributed by atoms with Gasteiger partial charge in [0.25, 0.3) is 0 Å². The Bertz CT molecular complexity index is 1150. The van der Waals surface area contributed by atoms with Gasteiger partial charge in [-0.3, -0.25) is 0 Å². The molecule has 0 aromatic rings. The first kappa shape index (κ1) is 36.6. The molecule has 1 heteroatoms. The summed E-state index contributed by atoms with van der Waals surface area (Å²) in [5, 5.41) is 9.05. The van der Waals surface area contributed by atoms with Crippen molar-refractivity contribution >= 4 is 0 Å². The molecule has 0 saturated carbocycles. The molecule has 216 valence electrons. The van der Waals surface area contributed by atoms with Gasteiger partial charge in [0.1, 0.15) is 0 Å². The van der Waals surface area contributed by atoms with E-state index in [1.54, 1.807) is 0 Å². The Hall–Kier alpha value is -3.42. The molecule has 1 N–H and O–H groups in total. The minimum absolute atomic E-state index is 0.145. The van der Waals surface area contributed by atoms with Gasteiger partial charge in [-0.05, 0) is 81.6 Å². The van der Waals surface area contributed by atoms with Gasteiger partial charge in [-0.15, -0.1) is 0 Å². The molecule has 0 amide bonds. The van der Waals surface area contributed by atoms with Gasteiger partial charge in [0.2, 0.25) is 0 Å². The van der Waals surface area contributed by atoms with E-state index in [9.17, 15) is 0 Å². The zero-order valence-corrected chi connectivity index (χ0v) is 26.7. The van der Waals surface area contributed by atoms with Crippen LogP contribution in [0.15, 0.2) is 154 Å². The Balaban J connectivity index is 4.73. The van der Waals surface area contributed by atoms with Crippen molar-refractivity contribution in [3.63, 3.8) is 0 Å². The Kier molecular flexibility index (Phi) is 21.5. The fourth-order valence-corrected chi connectivity index (χ4v) is 3.20. The number of rotatable bonds is 16. The standard InChI is InChI=1S/C39H54O/c1-32(2)29-30-38(8)27-15-25-36(6)22-13-20-34(4)18-11-10-17-33(3)19-12-21-35(5)23-14-24-37(7)26-16-28-39(9)31-40/h10-15,17-25,27-29,40H,16,26,30-31H2,1-9H3/b11-10+,19-12+,20-13+,23-14+,25-15+,33-17+,34-18+,35-21+,36-22+,37-24+,38-27+,39-28+. The fraction of sp³-hybridized carbons (Fsp3) is 0.333. The molecule has 0 fully saturated rings. The van der Waals surface area contributed by atoms with E-state index in [1.165, 1.54) is 39.0 Å². The highest BCUT2D eigenvalue weighted by Gasteiger charge is 1.89. The van der Waals surface area contributed by atoms with E-state index < -0.39 is 0 Å². The lowest BCUT2D eigenvalue weighted by Crippen LogP contribution is -1.84. The van der Waals surface area contributed by atoms with Gasteiger partial charge in [0.15, 0.2) is 0 Å². The van der Waals surface area contributed by atoms with Crippen LogP contribution < -0.4 is 0 Å². The zero-order chi connectivity index (χ0) is 30.2. The first-order valence-electron chi connectivity index (χ1n) is 14.3. The first-order valence-corrected chi connectivity index (χ1v) is 14.3. The third-order valence-corrected chi connectivity index (χ3v) is 5.86. The van der Waals surface area contributed by atoms with Crippen LogP contribution in [0, 0.1) is 0 Å². The van der Waals surface area contributed by atoms with E-state index in [1.807, 2.05) is 6.92 Å². The Labute approximate surface area is 246 Å². The van der Waals surface area contributed by atoms with Gasteiger partial charge in [0.05, 0.1) is 6.61 Å². The average molecular weight is 539 g/mol. The molecule has 0 unspecified atom stereocenters. The lowest BCUT2D eigenvalue weighted by molar-refractivity contribution is 0.331. The molecule has 0 radical (unpaired) electrons. The Morgan fingerprint density at radius 1 is 0.450 bits per heavy atom. The van der Waals surface area contributed by atoms with Crippen molar-refractivity contribution in [2.75, 3.05) is 6.61 Å². The van der Waals surface area contributed by atoms with Crippen LogP contribution in [0.25, 0.3) is 0 Å². The molecular formula is C39H54O. The minimum atomic E-state index is 0.145. The quantitative estimate of drug-likeness (QED) is 0.153. The second-order valence-electron chi connectivity index (χ2n) is 10.7. The molecule has 0 bridgehead atoms. The van der Waals surface area contributed by atoms with Gasteiger partial charge in [0, 0.05) is 0 Å². The molecule has 0 aliphatic rings. The van der Waals surface area contributed by atoms with Gasteiger partial charge in [-0.2, -0.15) is 0 Å². The van der Waals surface area contributed by atoms with Crippen molar-refractivity contribution in [2.24, 2.45) is 0 Å². The second-order valence-corrected chi connectivity index (χ2v) is 10.7. The van der Waals surface area contributed by atoms with Crippen molar-refractivity contribution in [3.05, 3.63) is 154 Å². The van der Waals surface area contributed by atoms with Gasteiger partial charge in [-0.1, -0.05) is 154 Å². The van der Waals surface area contributed by atoms with Crippen molar-refractivity contribution in [1.29, 1.82) is 0 Å². The number of hydrogen-bond acceptors (Lipinski definition) is 1. The van der Waals surface area contributed by atoms with Gasteiger partial charge < -0.3 is 5.11 Å². The highest BCUT2D eigenvalue weighted by molar-refractivity contribution is 5.32. The molecule has 0 heterocycles. The van der Waals surface area contributed by atoms with Crippen LogP contribution in [-0.2, 0) is 0 Å². The highest BCUT2D eigenvalue weighted by atomic mass is 16.3. The predicted molar refractivity (Wildman–Crippen MR) is 182 cm³/mol. The third kappa shape index (κ3) is 23.7. The summed E-state index contributed by atoms with van der Waals surface area (Å²) < 4.78 is 0. The van der Waals surface area contributed by atoms with Crippen molar-refractivity contribution < 1.29 is 5.11 Å². The van der Waals surface area contributed by atoms with Crippen molar-refractivity contribution in [1.82, 2.24) is 0 Å². The highest BCUT2D eigenvalue weighted by Crippen LogP contribution is 2.08. The summed E-state index contributed by atoms with van der Waals surface area (Å²) in [5.41, 5.74) is 9.91. The van der Waals surface area contributed by atoms with Crippen LogP contribution in [0.4, 0.5) is 0 Å². The van der Waals surface area contributed by atoms with E-state index >= 15 is 0 Å². The smallest absolute Gasteiger partial charge is 0.0639 e. The Morgan fingerprint density at radius 3 is 1.27 bits per heavy atom. The van der Waals surface area contributed by atoms with Crippen LogP contribution in [0.5, 0.6) is 0 Å². The second kappa shape index (κ2) is 23.5. The van der Waals surface area contributed by atoms with E-state index in [0.717, 1.165) is 24.8 Å². The first-order chi connectivity index (χ1) is 19.0. The van der Waals surface area contributed by atoms with E-state index in [0.29, 0.717) is 0 Å². The van der Waals surface area contributed by atoms with Crippen molar-refractivity contribution in [3.8, 4) is 0 Å². The van der Waals surface area contributed by atoms with Gasteiger partial charge in [-0.25, -0.2) is 0 Å². The predicted octanol–water partition coefficient (Wildman–Crippen LogP) is 11.5. The molecule has 40 heavy (non-hydrogen) atoms. The maximum absolute atomic E-state index is 9.05.